The Morgan fingerprint density at radius 1 is 0.765 bits per heavy atom. The lowest BCUT2D eigenvalue weighted by molar-refractivity contribution is 0.331. The van der Waals surface area contributed by atoms with Crippen molar-refractivity contribution in [2.24, 2.45) is 0 Å². The quantitative estimate of drug-likeness (QED) is 0.754. The lowest BCUT2D eigenvalue weighted by Crippen LogP contribution is -2.20. The molecule has 0 unspecified atom stereocenters. The zero-order chi connectivity index (χ0) is 11.9. The van der Waals surface area contributed by atoms with Crippen LogP contribution in [0.15, 0.2) is 60.7 Å². The van der Waals surface area contributed by atoms with Gasteiger partial charge in [0.15, 0.2) is 0 Å². The summed E-state index contributed by atoms with van der Waals surface area (Å²) in [5.41, 5.74) is 2.79. The fourth-order valence-electron chi connectivity index (χ4n) is 1.94. The first-order chi connectivity index (χ1) is 8.34. The van der Waals surface area contributed by atoms with Crippen LogP contribution in [0, 0.1) is 0 Å². The molecule has 2 aromatic rings. The fraction of sp³-hybridized carbons (Fsp3) is 0.250. The molecule has 1 heteroatoms. The molecule has 0 aliphatic rings. The fourth-order valence-corrected chi connectivity index (χ4v) is 1.94. The molecule has 0 atom stereocenters. The molecule has 0 aliphatic carbocycles. The van der Waals surface area contributed by atoms with E-state index < -0.39 is 0 Å². The average Bonchev–Trinajstić information content (AvgIpc) is 2.39. The first-order valence-corrected chi connectivity index (χ1v) is 6.11. The maximum atomic E-state index is 2.36. The SMILES string of the molecule is CN(CCc1ccccc1)Cc1ccccc1. The Morgan fingerprint density at radius 3 is 1.88 bits per heavy atom. The van der Waals surface area contributed by atoms with Crippen molar-refractivity contribution in [1.29, 1.82) is 0 Å². The molecule has 0 saturated heterocycles. The van der Waals surface area contributed by atoms with E-state index in [1.165, 1.54) is 11.1 Å². The van der Waals surface area contributed by atoms with Gasteiger partial charge in [-0.05, 0) is 24.6 Å². The van der Waals surface area contributed by atoms with Crippen LogP contribution >= 0.6 is 0 Å². The predicted octanol–water partition coefficient (Wildman–Crippen LogP) is 3.36. The molecule has 0 fully saturated rings. The second kappa shape index (κ2) is 6.21. The molecule has 0 bridgehead atoms. The first kappa shape index (κ1) is 11.9. The summed E-state index contributed by atoms with van der Waals surface area (Å²) >= 11 is 0. The molecule has 0 N–H and O–H groups in total. The Balaban J connectivity index is 1.80. The highest BCUT2D eigenvalue weighted by Crippen LogP contribution is 2.05. The van der Waals surface area contributed by atoms with E-state index in [0.717, 1.165) is 19.5 Å². The molecule has 88 valence electrons. The van der Waals surface area contributed by atoms with Gasteiger partial charge in [-0.1, -0.05) is 60.7 Å². The second-order valence-electron chi connectivity index (χ2n) is 4.46. The van der Waals surface area contributed by atoms with Crippen molar-refractivity contribution in [1.82, 2.24) is 4.90 Å². The molecular formula is C16H19N. The minimum Gasteiger partial charge on any atom is -0.302 e. The molecule has 17 heavy (non-hydrogen) atoms. The minimum atomic E-state index is 1.02. The summed E-state index contributed by atoms with van der Waals surface area (Å²) in [5, 5.41) is 0. The van der Waals surface area contributed by atoms with E-state index in [-0.39, 0.29) is 0 Å². The standard InChI is InChI=1S/C16H19N/c1-17(14-16-10-6-3-7-11-16)13-12-15-8-4-2-5-9-15/h2-11H,12-14H2,1H3. The highest BCUT2D eigenvalue weighted by Gasteiger charge is 2.00. The topological polar surface area (TPSA) is 3.24 Å². The lowest BCUT2D eigenvalue weighted by atomic mass is 10.1. The Kier molecular flexibility index (Phi) is 4.34. The summed E-state index contributed by atoms with van der Waals surface area (Å²) in [6.07, 6.45) is 1.12. The summed E-state index contributed by atoms with van der Waals surface area (Å²) in [5.74, 6) is 0. The number of hydrogen-bond donors (Lipinski definition) is 0. The van der Waals surface area contributed by atoms with Crippen LogP contribution in [0.4, 0.5) is 0 Å². The second-order valence-corrected chi connectivity index (χ2v) is 4.46. The van der Waals surface area contributed by atoms with E-state index in [1.807, 2.05) is 0 Å². The summed E-state index contributed by atoms with van der Waals surface area (Å²) in [6.45, 7) is 2.12. The number of hydrogen-bond acceptors (Lipinski definition) is 1. The zero-order valence-electron chi connectivity index (χ0n) is 10.3. The Bertz CT molecular complexity index is 422. The van der Waals surface area contributed by atoms with Gasteiger partial charge in [-0.2, -0.15) is 0 Å². The van der Waals surface area contributed by atoms with Gasteiger partial charge in [0.05, 0.1) is 0 Å². The molecular weight excluding hydrogens is 206 g/mol. The monoisotopic (exact) mass is 225 g/mol. The predicted molar refractivity (Wildman–Crippen MR) is 72.9 cm³/mol. The van der Waals surface area contributed by atoms with Crippen molar-refractivity contribution >= 4 is 0 Å². The van der Waals surface area contributed by atoms with Crippen molar-refractivity contribution in [3.8, 4) is 0 Å². The first-order valence-electron chi connectivity index (χ1n) is 6.11. The van der Waals surface area contributed by atoms with Gasteiger partial charge in [-0.25, -0.2) is 0 Å². The Labute approximate surface area is 104 Å². The molecule has 0 spiro atoms. The van der Waals surface area contributed by atoms with E-state index in [9.17, 15) is 0 Å². The minimum absolute atomic E-state index is 1.02. The summed E-state index contributed by atoms with van der Waals surface area (Å²) < 4.78 is 0. The van der Waals surface area contributed by atoms with E-state index in [2.05, 4.69) is 72.6 Å². The van der Waals surface area contributed by atoms with Crippen LogP contribution < -0.4 is 0 Å². The Morgan fingerprint density at radius 2 is 1.29 bits per heavy atom. The van der Waals surface area contributed by atoms with Crippen molar-refractivity contribution in [2.45, 2.75) is 13.0 Å². The van der Waals surface area contributed by atoms with E-state index in [1.54, 1.807) is 0 Å². The molecule has 0 amide bonds. The van der Waals surface area contributed by atoms with Gasteiger partial charge in [0, 0.05) is 13.1 Å². The van der Waals surface area contributed by atoms with Gasteiger partial charge in [-0.3, -0.25) is 0 Å². The highest BCUT2D eigenvalue weighted by molar-refractivity contribution is 5.16. The van der Waals surface area contributed by atoms with Gasteiger partial charge < -0.3 is 4.90 Å². The summed E-state index contributed by atoms with van der Waals surface area (Å²) in [7, 11) is 2.18. The van der Waals surface area contributed by atoms with Crippen LogP contribution in [-0.4, -0.2) is 18.5 Å². The summed E-state index contributed by atoms with van der Waals surface area (Å²) in [6, 6.07) is 21.3. The number of nitrogens with zero attached hydrogens (tertiary/aromatic N) is 1. The van der Waals surface area contributed by atoms with Crippen LogP contribution in [0.5, 0.6) is 0 Å². The lowest BCUT2D eigenvalue weighted by Gasteiger charge is -2.16. The van der Waals surface area contributed by atoms with E-state index >= 15 is 0 Å². The molecule has 1 nitrogen and oxygen atoms in total. The molecule has 0 saturated carbocycles. The molecule has 2 rings (SSSR count). The van der Waals surface area contributed by atoms with Crippen LogP contribution in [0.1, 0.15) is 11.1 Å². The van der Waals surface area contributed by atoms with Crippen LogP contribution in [0.25, 0.3) is 0 Å². The molecule has 2 aromatic carbocycles. The number of benzene rings is 2. The molecule has 0 heterocycles. The van der Waals surface area contributed by atoms with Crippen molar-refractivity contribution in [2.75, 3.05) is 13.6 Å². The van der Waals surface area contributed by atoms with Gasteiger partial charge >= 0.3 is 0 Å². The third-order valence-electron chi connectivity index (χ3n) is 2.92. The van der Waals surface area contributed by atoms with E-state index in [0.29, 0.717) is 0 Å². The summed E-state index contributed by atoms with van der Waals surface area (Å²) in [4.78, 5) is 2.36. The third kappa shape index (κ3) is 4.04. The Hall–Kier alpha value is -1.60. The number of rotatable bonds is 5. The normalized spacial score (nSPS) is 10.7. The van der Waals surface area contributed by atoms with Gasteiger partial charge in [0.1, 0.15) is 0 Å². The van der Waals surface area contributed by atoms with Gasteiger partial charge in [-0.15, -0.1) is 0 Å². The van der Waals surface area contributed by atoms with Gasteiger partial charge in [0.2, 0.25) is 0 Å². The molecule has 0 radical (unpaired) electrons. The maximum absolute atomic E-state index is 2.36. The van der Waals surface area contributed by atoms with Crippen molar-refractivity contribution < 1.29 is 0 Å². The van der Waals surface area contributed by atoms with Crippen LogP contribution in [-0.2, 0) is 13.0 Å². The largest absolute Gasteiger partial charge is 0.302 e. The van der Waals surface area contributed by atoms with Crippen LogP contribution in [0.2, 0.25) is 0 Å². The molecule has 0 aliphatic heterocycles. The molecule has 0 aromatic heterocycles. The zero-order valence-corrected chi connectivity index (χ0v) is 10.3. The maximum Gasteiger partial charge on any atom is 0.0230 e. The average molecular weight is 225 g/mol. The number of likely N-dealkylation sites (N-methyl/N-ethyl adjacent to an activating group) is 1. The van der Waals surface area contributed by atoms with Crippen LogP contribution in [0.3, 0.4) is 0 Å². The van der Waals surface area contributed by atoms with E-state index in [4.69, 9.17) is 0 Å². The van der Waals surface area contributed by atoms with Crippen molar-refractivity contribution in [3.05, 3.63) is 71.8 Å². The highest BCUT2D eigenvalue weighted by atomic mass is 15.1. The third-order valence-corrected chi connectivity index (χ3v) is 2.92. The van der Waals surface area contributed by atoms with Gasteiger partial charge in [0.25, 0.3) is 0 Å². The van der Waals surface area contributed by atoms with Crippen molar-refractivity contribution in [3.63, 3.8) is 0 Å². The smallest absolute Gasteiger partial charge is 0.0230 e.